The van der Waals surface area contributed by atoms with E-state index in [2.05, 4.69) is 15.3 Å². The number of carbonyl (C=O) groups is 2. The maximum atomic E-state index is 12.7. The smallest absolute Gasteiger partial charge is 0.407 e. The zero-order valence-corrected chi connectivity index (χ0v) is 18.6. The van der Waals surface area contributed by atoms with Gasteiger partial charge in [-0.05, 0) is 51.8 Å². The first-order valence-corrected chi connectivity index (χ1v) is 10.4. The van der Waals surface area contributed by atoms with Crippen molar-refractivity contribution in [2.75, 3.05) is 13.1 Å². The van der Waals surface area contributed by atoms with E-state index >= 15 is 0 Å². The molecule has 1 aromatic carbocycles. The first kappa shape index (κ1) is 23.7. The highest BCUT2D eigenvalue weighted by atomic mass is 35.5. The number of benzene rings is 1. The molecule has 2 aromatic rings. The average Bonchev–Trinajstić information content (AvgIpc) is 2.63. The number of aromatic amines is 1. The number of hydrogen-bond acceptors (Lipinski definition) is 5. The Bertz CT molecular complexity index is 952. The highest BCUT2D eigenvalue weighted by Gasteiger charge is 2.17. The molecule has 2 amide bonds. The molecule has 2 N–H and O–H groups in total. The maximum Gasteiger partial charge on any atom is 0.407 e. The second-order valence-electron chi connectivity index (χ2n) is 8.02. The Morgan fingerprint density at radius 3 is 2.70 bits per heavy atom. The molecule has 1 aromatic heterocycles. The first-order chi connectivity index (χ1) is 14.1. The Balaban J connectivity index is 1.97. The molecular formula is C21H29ClN4O4. The van der Waals surface area contributed by atoms with Crippen LogP contribution in [0.15, 0.2) is 23.0 Å². The van der Waals surface area contributed by atoms with Crippen LogP contribution in [0, 0.1) is 0 Å². The van der Waals surface area contributed by atoms with Crippen molar-refractivity contribution in [1.82, 2.24) is 20.2 Å². The van der Waals surface area contributed by atoms with Gasteiger partial charge in [0.25, 0.3) is 5.56 Å². The van der Waals surface area contributed by atoms with E-state index in [1.165, 1.54) is 0 Å². The molecule has 1 heterocycles. The monoisotopic (exact) mass is 436 g/mol. The summed E-state index contributed by atoms with van der Waals surface area (Å²) in [6.07, 6.45) is 1.01. The topological polar surface area (TPSA) is 104 Å². The highest BCUT2D eigenvalue weighted by molar-refractivity contribution is 6.31. The van der Waals surface area contributed by atoms with Crippen LogP contribution in [0.4, 0.5) is 4.79 Å². The SMILES string of the molecule is CCCN(Cc1nc2cc(Cl)ccc2c(=O)[nH]1)C(=O)CCCNC(=O)OC(C)(C)C. The van der Waals surface area contributed by atoms with Gasteiger partial charge in [-0.2, -0.15) is 0 Å². The molecule has 8 nitrogen and oxygen atoms in total. The summed E-state index contributed by atoms with van der Waals surface area (Å²) in [5, 5.41) is 3.58. The Labute approximate surface area is 181 Å². The fourth-order valence-electron chi connectivity index (χ4n) is 2.88. The lowest BCUT2D eigenvalue weighted by Crippen LogP contribution is -2.35. The summed E-state index contributed by atoms with van der Waals surface area (Å²) in [5.41, 5.74) is -0.338. The third-order valence-corrected chi connectivity index (χ3v) is 4.38. The van der Waals surface area contributed by atoms with Gasteiger partial charge >= 0.3 is 6.09 Å². The van der Waals surface area contributed by atoms with E-state index in [4.69, 9.17) is 16.3 Å². The highest BCUT2D eigenvalue weighted by Crippen LogP contribution is 2.15. The van der Waals surface area contributed by atoms with Gasteiger partial charge in [-0.1, -0.05) is 18.5 Å². The zero-order valence-electron chi connectivity index (χ0n) is 17.9. The van der Waals surface area contributed by atoms with Gasteiger partial charge in [0.15, 0.2) is 0 Å². The molecule has 0 aliphatic rings. The number of carbonyl (C=O) groups excluding carboxylic acids is 2. The van der Waals surface area contributed by atoms with Crippen LogP contribution < -0.4 is 10.9 Å². The lowest BCUT2D eigenvalue weighted by atomic mass is 10.2. The van der Waals surface area contributed by atoms with E-state index in [1.54, 1.807) is 43.9 Å². The molecule has 0 atom stereocenters. The number of nitrogens with zero attached hydrogens (tertiary/aromatic N) is 2. The molecule has 0 fully saturated rings. The van der Waals surface area contributed by atoms with E-state index in [-0.39, 0.29) is 24.4 Å². The molecule has 0 aliphatic carbocycles. The van der Waals surface area contributed by atoms with Gasteiger partial charge in [0.05, 0.1) is 17.4 Å². The fraction of sp³-hybridized carbons (Fsp3) is 0.524. The van der Waals surface area contributed by atoms with E-state index in [0.29, 0.717) is 41.3 Å². The molecule has 0 bridgehead atoms. The normalized spacial score (nSPS) is 11.4. The number of amides is 2. The second-order valence-corrected chi connectivity index (χ2v) is 8.46. The lowest BCUT2D eigenvalue weighted by molar-refractivity contribution is -0.132. The number of halogens is 1. The van der Waals surface area contributed by atoms with Crippen molar-refractivity contribution in [2.24, 2.45) is 0 Å². The van der Waals surface area contributed by atoms with Gasteiger partial charge < -0.3 is 19.9 Å². The van der Waals surface area contributed by atoms with E-state index in [9.17, 15) is 14.4 Å². The lowest BCUT2D eigenvalue weighted by Gasteiger charge is -2.22. The van der Waals surface area contributed by atoms with Crippen molar-refractivity contribution in [2.45, 2.75) is 59.1 Å². The predicted molar refractivity (Wildman–Crippen MR) is 117 cm³/mol. The number of alkyl carbamates (subject to hydrolysis) is 1. The van der Waals surface area contributed by atoms with Gasteiger partial charge in [0.1, 0.15) is 11.4 Å². The molecule has 0 radical (unpaired) electrons. The van der Waals surface area contributed by atoms with Crippen LogP contribution in [0.5, 0.6) is 0 Å². The van der Waals surface area contributed by atoms with Gasteiger partial charge in [-0.3, -0.25) is 9.59 Å². The largest absolute Gasteiger partial charge is 0.444 e. The number of rotatable bonds is 8. The van der Waals surface area contributed by atoms with Gasteiger partial charge in [0.2, 0.25) is 5.91 Å². The second kappa shape index (κ2) is 10.4. The standard InChI is InChI=1S/C21H29ClN4O4/c1-5-11-26(18(27)7-6-10-23-20(29)30-21(2,3)4)13-17-24-16-12-14(22)8-9-15(16)19(28)25-17/h8-9,12H,5-7,10-11,13H2,1-4H3,(H,23,29)(H,24,25,28). The third kappa shape index (κ3) is 7.33. The number of aromatic nitrogens is 2. The van der Waals surface area contributed by atoms with Crippen molar-refractivity contribution < 1.29 is 14.3 Å². The number of hydrogen-bond donors (Lipinski definition) is 2. The van der Waals surface area contributed by atoms with Crippen LogP contribution in [-0.4, -0.2) is 45.6 Å². The summed E-state index contributed by atoms with van der Waals surface area (Å²) in [5.74, 6) is 0.333. The summed E-state index contributed by atoms with van der Waals surface area (Å²) in [4.78, 5) is 45.5. The van der Waals surface area contributed by atoms with E-state index in [1.807, 2.05) is 6.92 Å². The first-order valence-electron chi connectivity index (χ1n) is 10.0. The van der Waals surface area contributed by atoms with Gasteiger partial charge in [-0.25, -0.2) is 9.78 Å². The molecule has 0 unspecified atom stereocenters. The van der Waals surface area contributed by atoms with Crippen LogP contribution in [0.25, 0.3) is 10.9 Å². The van der Waals surface area contributed by atoms with E-state index in [0.717, 1.165) is 6.42 Å². The van der Waals surface area contributed by atoms with E-state index < -0.39 is 11.7 Å². The fourth-order valence-corrected chi connectivity index (χ4v) is 3.05. The van der Waals surface area contributed by atoms with Crippen molar-refractivity contribution in [3.8, 4) is 0 Å². The quantitative estimate of drug-likeness (QED) is 0.615. The zero-order chi connectivity index (χ0) is 22.3. The van der Waals surface area contributed by atoms with Crippen LogP contribution in [0.1, 0.15) is 52.8 Å². The molecule has 0 spiro atoms. The molecule has 164 valence electrons. The minimum atomic E-state index is -0.564. The van der Waals surface area contributed by atoms with Crippen molar-refractivity contribution >= 4 is 34.5 Å². The van der Waals surface area contributed by atoms with Crippen LogP contribution >= 0.6 is 11.6 Å². The van der Waals surface area contributed by atoms with Crippen LogP contribution in [0.3, 0.4) is 0 Å². The number of nitrogens with one attached hydrogen (secondary N) is 2. The molecule has 0 saturated carbocycles. The van der Waals surface area contributed by atoms with Crippen molar-refractivity contribution in [3.05, 3.63) is 39.4 Å². The summed E-state index contributed by atoms with van der Waals surface area (Å²) in [6.45, 7) is 8.41. The Hall–Kier alpha value is -2.61. The summed E-state index contributed by atoms with van der Waals surface area (Å²) in [6, 6.07) is 4.89. The average molecular weight is 437 g/mol. The van der Waals surface area contributed by atoms with Crippen molar-refractivity contribution in [3.63, 3.8) is 0 Å². The molecule has 0 saturated heterocycles. The molecule has 30 heavy (non-hydrogen) atoms. The van der Waals surface area contributed by atoms with Crippen LogP contribution in [-0.2, 0) is 16.1 Å². The Kier molecular flexibility index (Phi) is 8.23. The number of ether oxygens (including phenoxy) is 1. The van der Waals surface area contributed by atoms with Gasteiger partial charge in [-0.15, -0.1) is 0 Å². The molecular weight excluding hydrogens is 408 g/mol. The minimum absolute atomic E-state index is 0.0725. The summed E-state index contributed by atoms with van der Waals surface area (Å²) in [7, 11) is 0. The Morgan fingerprint density at radius 1 is 1.30 bits per heavy atom. The van der Waals surface area contributed by atoms with Gasteiger partial charge in [0, 0.05) is 24.5 Å². The van der Waals surface area contributed by atoms with Crippen molar-refractivity contribution in [1.29, 1.82) is 0 Å². The predicted octanol–water partition coefficient (Wildman–Crippen LogP) is 3.62. The maximum absolute atomic E-state index is 12.7. The molecule has 0 aliphatic heterocycles. The summed E-state index contributed by atoms with van der Waals surface area (Å²) < 4.78 is 5.17. The summed E-state index contributed by atoms with van der Waals surface area (Å²) >= 11 is 6.00. The minimum Gasteiger partial charge on any atom is -0.444 e. The van der Waals surface area contributed by atoms with Crippen LogP contribution in [0.2, 0.25) is 5.02 Å². The molecule has 2 rings (SSSR count). The molecule has 9 heteroatoms. The Morgan fingerprint density at radius 2 is 2.03 bits per heavy atom. The number of fused-ring (bicyclic) bond motifs is 1. The number of H-pyrrole nitrogens is 1. The third-order valence-electron chi connectivity index (χ3n) is 4.14.